The summed E-state index contributed by atoms with van der Waals surface area (Å²) in [6.07, 6.45) is 0. The van der Waals surface area contributed by atoms with Gasteiger partial charge in [0, 0.05) is 63.2 Å². The van der Waals surface area contributed by atoms with Crippen molar-refractivity contribution in [3.63, 3.8) is 0 Å². The molecule has 53 heavy (non-hydrogen) atoms. The molecule has 11 aromatic rings. The summed E-state index contributed by atoms with van der Waals surface area (Å²) in [5.74, 6) is 0. The van der Waals surface area contributed by atoms with Gasteiger partial charge in [0.2, 0.25) is 0 Å². The minimum Gasteiger partial charge on any atom is -0.455 e. The molecule has 250 valence electrons. The standard InChI is InChI=1S/C49H31NOS2/c1-49(2)38-15-7-5-12-32(38)33-21-19-29(26-39(33)49)50(30-20-22-35-34-13-6-8-17-42(34)52-44(35)27-30)40-16-9-14-37-46-43(53-48(37)40)25-23-36-45-31-11-4-3-10-28(31)18-24-41(45)51-47(36)46/h3-27H,1-2H3. The second-order valence-corrected chi connectivity index (χ2v) is 17.0. The number of hydrogen-bond donors (Lipinski definition) is 0. The van der Waals surface area contributed by atoms with Crippen molar-refractivity contribution in [2.45, 2.75) is 19.3 Å². The first kappa shape index (κ1) is 29.6. The van der Waals surface area contributed by atoms with Crippen molar-refractivity contribution in [2.24, 2.45) is 0 Å². The van der Waals surface area contributed by atoms with E-state index in [1.807, 2.05) is 22.7 Å². The van der Waals surface area contributed by atoms with Crippen LogP contribution in [0.4, 0.5) is 17.1 Å². The van der Waals surface area contributed by atoms with Crippen LogP contribution in [0.25, 0.3) is 84.2 Å². The fourth-order valence-electron chi connectivity index (χ4n) is 9.16. The normalized spacial score (nSPS) is 13.6. The van der Waals surface area contributed by atoms with E-state index in [1.54, 1.807) is 0 Å². The summed E-state index contributed by atoms with van der Waals surface area (Å²) in [6, 6.07) is 56.0. The van der Waals surface area contributed by atoms with Crippen molar-refractivity contribution in [3.8, 4) is 11.1 Å². The van der Waals surface area contributed by atoms with E-state index < -0.39 is 0 Å². The smallest absolute Gasteiger partial charge is 0.144 e. The van der Waals surface area contributed by atoms with Crippen molar-refractivity contribution >= 4 is 113 Å². The fourth-order valence-corrected chi connectivity index (χ4v) is 11.5. The summed E-state index contributed by atoms with van der Waals surface area (Å²) >= 11 is 3.73. The Morgan fingerprint density at radius 2 is 1.23 bits per heavy atom. The lowest BCUT2D eigenvalue weighted by Crippen LogP contribution is -2.16. The van der Waals surface area contributed by atoms with Gasteiger partial charge in [0.1, 0.15) is 11.2 Å². The zero-order valence-electron chi connectivity index (χ0n) is 29.1. The van der Waals surface area contributed by atoms with Gasteiger partial charge in [0.15, 0.2) is 0 Å². The van der Waals surface area contributed by atoms with Gasteiger partial charge in [-0.15, -0.1) is 22.7 Å². The zero-order chi connectivity index (χ0) is 35.0. The molecular weight excluding hydrogens is 683 g/mol. The molecule has 0 bridgehead atoms. The minimum absolute atomic E-state index is 0.107. The van der Waals surface area contributed by atoms with Crippen LogP contribution in [0.3, 0.4) is 0 Å². The highest BCUT2D eigenvalue weighted by Gasteiger charge is 2.36. The molecule has 3 heterocycles. The van der Waals surface area contributed by atoms with Crippen molar-refractivity contribution in [2.75, 3.05) is 4.90 Å². The molecule has 3 aromatic heterocycles. The van der Waals surface area contributed by atoms with Crippen LogP contribution < -0.4 is 4.90 Å². The number of furan rings is 1. The Hall–Kier alpha value is -5.94. The van der Waals surface area contributed by atoms with Crippen LogP contribution in [0.2, 0.25) is 0 Å². The Morgan fingerprint density at radius 3 is 2.17 bits per heavy atom. The van der Waals surface area contributed by atoms with Crippen LogP contribution in [0, 0.1) is 0 Å². The number of hydrogen-bond acceptors (Lipinski definition) is 4. The van der Waals surface area contributed by atoms with Crippen LogP contribution in [0.15, 0.2) is 156 Å². The SMILES string of the molecule is CC1(C)c2ccccc2-c2ccc(N(c3ccc4c(c3)sc3ccccc34)c3cccc4c3sc3ccc5c(oc6ccc7ccccc7c65)c34)cc21. The largest absolute Gasteiger partial charge is 0.455 e. The van der Waals surface area contributed by atoms with Gasteiger partial charge in [-0.1, -0.05) is 111 Å². The number of thiophene rings is 2. The Morgan fingerprint density at radius 1 is 0.491 bits per heavy atom. The second-order valence-electron chi connectivity index (χ2n) is 14.8. The molecule has 0 N–H and O–H groups in total. The van der Waals surface area contributed by atoms with Crippen molar-refractivity contribution in [1.82, 2.24) is 0 Å². The molecular formula is C49H31NOS2. The second kappa shape index (κ2) is 10.6. The Balaban J connectivity index is 1.13. The van der Waals surface area contributed by atoms with Gasteiger partial charge >= 0.3 is 0 Å². The summed E-state index contributed by atoms with van der Waals surface area (Å²) in [6.45, 7) is 4.73. The molecule has 0 saturated carbocycles. The van der Waals surface area contributed by atoms with Gasteiger partial charge in [0.05, 0.1) is 10.4 Å². The number of benzene rings is 8. The predicted molar refractivity (Wildman–Crippen MR) is 229 cm³/mol. The molecule has 8 aromatic carbocycles. The average Bonchev–Trinajstić information content (AvgIpc) is 3.93. The van der Waals surface area contributed by atoms with Crippen LogP contribution >= 0.6 is 22.7 Å². The van der Waals surface area contributed by atoms with Crippen molar-refractivity contribution in [1.29, 1.82) is 0 Å². The average molecular weight is 714 g/mol. The Labute approximate surface area is 313 Å². The van der Waals surface area contributed by atoms with E-state index in [4.69, 9.17) is 4.42 Å². The topological polar surface area (TPSA) is 16.4 Å². The predicted octanol–water partition coefficient (Wildman–Crippen LogP) is 15.3. The molecule has 2 nitrogen and oxygen atoms in total. The monoisotopic (exact) mass is 713 g/mol. The maximum atomic E-state index is 6.79. The first-order valence-electron chi connectivity index (χ1n) is 18.2. The molecule has 0 amide bonds. The van der Waals surface area contributed by atoms with Gasteiger partial charge in [0.25, 0.3) is 0 Å². The zero-order valence-corrected chi connectivity index (χ0v) is 30.7. The third-order valence-electron chi connectivity index (χ3n) is 11.7. The highest BCUT2D eigenvalue weighted by molar-refractivity contribution is 7.26. The summed E-state index contributed by atoms with van der Waals surface area (Å²) < 4.78 is 11.9. The third-order valence-corrected chi connectivity index (χ3v) is 14.0. The summed E-state index contributed by atoms with van der Waals surface area (Å²) in [7, 11) is 0. The van der Waals surface area contributed by atoms with Crippen molar-refractivity contribution < 1.29 is 4.42 Å². The van der Waals surface area contributed by atoms with Gasteiger partial charge < -0.3 is 9.32 Å². The maximum absolute atomic E-state index is 6.79. The highest BCUT2D eigenvalue weighted by Crippen LogP contribution is 2.53. The van der Waals surface area contributed by atoms with Gasteiger partial charge in [-0.25, -0.2) is 0 Å². The van der Waals surface area contributed by atoms with E-state index in [1.165, 1.54) is 89.8 Å². The lowest BCUT2D eigenvalue weighted by molar-refractivity contribution is 0.660. The van der Waals surface area contributed by atoms with E-state index in [9.17, 15) is 0 Å². The van der Waals surface area contributed by atoms with Crippen molar-refractivity contribution in [3.05, 3.63) is 163 Å². The molecule has 0 radical (unpaired) electrons. The summed E-state index contributed by atoms with van der Waals surface area (Å²) in [5, 5.41) is 9.85. The van der Waals surface area contributed by atoms with E-state index >= 15 is 0 Å². The molecule has 0 saturated heterocycles. The van der Waals surface area contributed by atoms with Crippen LogP contribution in [0.5, 0.6) is 0 Å². The third kappa shape index (κ3) is 4.02. The quantitative estimate of drug-likeness (QED) is 0.181. The van der Waals surface area contributed by atoms with Gasteiger partial charge in [-0.05, 0) is 87.6 Å². The van der Waals surface area contributed by atoms with Crippen LogP contribution in [0.1, 0.15) is 25.0 Å². The molecule has 1 aliphatic carbocycles. The highest BCUT2D eigenvalue weighted by atomic mass is 32.1. The molecule has 0 atom stereocenters. The fraction of sp³-hybridized carbons (Fsp3) is 0.0612. The summed E-state index contributed by atoms with van der Waals surface area (Å²) in [5.41, 5.74) is 10.7. The molecule has 0 unspecified atom stereocenters. The van der Waals surface area contributed by atoms with E-state index in [2.05, 4.69) is 170 Å². The van der Waals surface area contributed by atoms with Gasteiger partial charge in [-0.2, -0.15) is 0 Å². The van der Waals surface area contributed by atoms with E-state index in [-0.39, 0.29) is 5.41 Å². The molecule has 0 spiro atoms. The summed E-state index contributed by atoms with van der Waals surface area (Å²) in [4.78, 5) is 2.49. The first-order chi connectivity index (χ1) is 26.0. The molecule has 0 fully saturated rings. The van der Waals surface area contributed by atoms with E-state index in [0.29, 0.717) is 0 Å². The lowest BCUT2D eigenvalue weighted by Gasteiger charge is -2.28. The number of nitrogens with zero attached hydrogens (tertiary/aromatic N) is 1. The molecule has 1 aliphatic rings. The van der Waals surface area contributed by atoms with Gasteiger partial charge in [-0.3, -0.25) is 0 Å². The number of anilines is 3. The Bertz CT molecular complexity index is 3340. The minimum atomic E-state index is -0.107. The molecule has 12 rings (SSSR count). The number of rotatable bonds is 3. The lowest BCUT2D eigenvalue weighted by atomic mass is 9.82. The van der Waals surface area contributed by atoms with Crippen LogP contribution in [-0.2, 0) is 5.41 Å². The number of fused-ring (bicyclic) bond motifs is 15. The first-order valence-corrected chi connectivity index (χ1v) is 19.8. The Kier molecular flexibility index (Phi) is 5.91. The maximum Gasteiger partial charge on any atom is 0.144 e. The van der Waals surface area contributed by atoms with Crippen LogP contribution in [-0.4, -0.2) is 0 Å². The molecule has 4 heteroatoms. The van der Waals surface area contributed by atoms with E-state index in [0.717, 1.165) is 22.5 Å². The molecule has 0 aliphatic heterocycles.